The fourth-order valence-corrected chi connectivity index (χ4v) is 3.24. The predicted octanol–water partition coefficient (Wildman–Crippen LogP) is 2.95. The van der Waals surface area contributed by atoms with Crippen LogP contribution in [0.15, 0.2) is 42.5 Å². The van der Waals surface area contributed by atoms with Gasteiger partial charge in [-0.15, -0.1) is 0 Å². The minimum absolute atomic E-state index is 0.00751. The molecular formula is C20H22N2O4. The fourth-order valence-electron chi connectivity index (χ4n) is 3.24. The summed E-state index contributed by atoms with van der Waals surface area (Å²) < 4.78 is 5.01. The van der Waals surface area contributed by atoms with Gasteiger partial charge in [0.1, 0.15) is 5.54 Å². The van der Waals surface area contributed by atoms with Gasteiger partial charge in [-0.25, -0.2) is 4.79 Å². The SMILES string of the molecule is CCCOC(=O)CCN1C(=O)N[C@](C)(c2cccc3ccccc23)C1=O. The van der Waals surface area contributed by atoms with Crippen molar-refractivity contribution in [3.05, 3.63) is 48.0 Å². The minimum atomic E-state index is -1.16. The van der Waals surface area contributed by atoms with E-state index in [0.717, 1.165) is 27.7 Å². The van der Waals surface area contributed by atoms with Gasteiger partial charge in [0, 0.05) is 6.54 Å². The molecule has 6 heteroatoms. The predicted molar refractivity (Wildman–Crippen MR) is 97.4 cm³/mol. The molecule has 0 spiro atoms. The number of fused-ring (bicyclic) bond motifs is 1. The smallest absolute Gasteiger partial charge is 0.325 e. The van der Waals surface area contributed by atoms with Crippen molar-refractivity contribution in [2.75, 3.05) is 13.2 Å². The van der Waals surface area contributed by atoms with Crippen LogP contribution < -0.4 is 5.32 Å². The summed E-state index contributed by atoms with van der Waals surface area (Å²) in [6, 6.07) is 12.9. The third-order valence-electron chi connectivity index (χ3n) is 4.61. The first-order valence-corrected chi connectivity index (χ1v) is 8.75. The van der Waals surface area contributed by atoms with E-state index in [1.807, 2.05) is 49.4 Å². The van der Waals surface area contributed by atoms with Crippen molar-refractivity contribution < 1.29 is 19.1 Å². The highest BCUT2D eigenvalue weighted by Crippen LogP contribution is 2.33. The van der Waals surface area contributed by atoms with E-state index >= 15 is 0 Å². The van der Waals surface area contributed by atoms with Gasteiger partial charge in [-0.3, -0.25) is 14.5 Å². The number of carbonyl (C=O) groups is 3. The number of carbonyl (C=O) groups excluding carboxylic acids is 3. The molecule has 6 nitrogen and oxygen atoms in total. The zero-order valence-electron chi connectivity index (χ0n) is 15.0. The highest BCUT2D eigenvalue weighted by atomic mass is 16.5. The van der Waals surface area contributed by atoms with E-state index in [1.165, 1.54) is 0 Å². The molecule has 1 atom stereocenters. The lowest BCUT2D eigenvalue weighted by atomic mass is 9.88. The molecule has 2 aromatic carbocycles. The van der Waals surface area contributed by atoms with E-state index in [1.54, 1.807) is 6.92 Å². The molecule has 1 saturated heterocycles. The molecule has 1 N–H and O–H groups in total. The van der Waals surface area contributed by atoms with E-state index in [0.29, 0.717) is 6.61 Å². The summed E-state index contributed by atoms with van der Waals surface area (Å²) in [5, 5.41) is 4.70. The summed E-state index contributed by atoms with van der Waals surface area (Å²) in [4.78, 5) is 38.2. The third-order valence-corrected chi connectivity index (χ3v) is 4.61. The van der Waals surface area contributed by atoms with Gasteiger partial charge in [0.25, 0.3) is 5.91 Å². The van der Waals surface area contributed by atoms with Gasteiger partial charge >= 0.3 is 12.0 Å². The van der Waals surface area contributed by atoms with Gasteiger partial charge in [-0.1, -0.05) is 49.4 Å². The van der Waals surface area contributed by atoms with Crippen molar-refractivity contribution >= 4 is 28.7 Å². The number of hydrogen-bond donors (Lipinski definition) is 1. The molecule has 1 aliphatic rings. The summed E-state index contributed by atoms with van der Waals surface area (Å²) in [5.41, 5.74) is -0.421. The number of urea groups is 1. The molecule has 1 fully saturated rings. The highest BCUT2D eigenvalue weighted by molar-refractivity contribution is 6.09. The van der Waals surface area contributed by atoms with E-state index in [2.05, 4.69) is 5.32 Å². The van der Waals surface area contributed by atoms with E-state index in [-0.39, 0.29) is 18.9 Å². The number of amides is 3. The van der Waals surface area contributed by atoms with Crippen molar-refractivity contribution in [2.45, 2.75) is 32.2 Å². The van der Waals surface area contributed by atoms with Gasteiger partial charge < -0.3 is 10.1 Å². The summed E-state index contributed by atoms with van der Waals surface area (Å²) in [7, 11) is 0. The monoisotopic (exact) mass is 354 g/mol. The summed E-state index contributed by atoms with van der Waals surface area (Å²) >= 11 is 0. The zero-order valence-corrected chi connectivity index (χ0v) is 15.0. The van der Waals surface area contributed by atoms with Gasteiger partial charge in [-0.05, 0) is 29.7 Å². The third kappa shape index (κ3) is 3.14. The number of rotatable bonds is 6. The molecule has 0 radical (unpaired) electrons. The first kappa shape index (κ1) is 17.9. The Morgan fingerprint density at radius 3 is 2.65 bits per heavy atom. The molecule has 1 aliphatic heterocycles. The van der Waals surface area contributed by atoms with Crippen molar-refractivity contribution in [3.63, 3.8) is 0 Å². The first-order chi connectivity index (χ1) is 12.5. The number of imide groups is 1. The number of hydrogen-bond acceptors (Lipinski definition) is 4. The van der Waals surface area contributed by atoms with Crippen molar-refractivity contribution in [1.29, 1.82) is 0 Å². The molecule has 0 aromatic heterocycles. The largest absolute Gasteiger partial charge is 0.466 e. The molecule has 3 amide bonds. The number of nitrogens with one attached hydrogen (secondary N) is 1. The lowest BCUT2D eigenvalue weighted by Gasteiger charge is -2.24. The Hall–Kier alpha value is -2.89. The van der Waals surface area contributed by atoms with Crippen LogP contribution in [0.25, 0.3) is 10.8 Å². The van der Waals surface area contributed by atoms with E-state index in [4.69, 9.17) is 4.74 Å². The second kappa shape index (κ2) is 7.15. The number of benzene rings is 2. The van der Waals surface area contributed by atoms with Crippen molar-refractivity contribution in [2.24, 2.45) is 0 Å². The minimum Gasteiger partial charge on any atom is -0.466 e. The molecule has 0 unspecified atom stereocenters. The Labute approximate surface area is 152 Å². The summed E-state index contributed by atoms with van der Waals surface area (Å²) in [6.07, 6.45) is 0.721. The molecular weight excluding hydrogens is 332 g/mol. The van der Waals surface area contributed by atoms with Crippen LogP contribution in [0, 0.1) is 0 Å². The molecule has 0 aliphatic carbocycles. The Morgan fingerprint density at radius 2 is 1.88 bits per heavy atom. The standard InChI is InChI=1S/C20H22N2O4/c1-3-13-26-17(23)11-12-22-18(24)20(2,21-19(22)25)16-10-6-8-14-7-4-5-9-15(14)16/h4-10H,3,11-13H2,1-2H3,(H,21,25)/t20-/m1/s1. The molecule has 1 heterocycles. The number of ether oxygens (including phenoxy) is 1. The lowest BCUT2D eigenvalue weighted by molar-refractivity contribution is -0.144. The van der Waals surface area contributed by atoms with Crippen LogP contribution in [-0.4, -0.2) is 36.0 Å². The maximum absolute atomic E-state index is 13.0. The average Bonchev–Trinajstić information content (AvgIpc) is 2.87. The summed E-state index contributed by atoms with van der Waals surface area (Å²) in [5.74, 6) is -0.770. The maximum Gasteiger partial charge on any atom is 0.325 e. The van der Waals surface area contributed by atoms with Crippen LogP contribution in [0.1, 0.15) is 32.3 Å². The number of nitrogens with zero attached hydrogens (tertiary/aromatic N) is 1. The molecule has 2 aromatic rings. The van der Waals surface area contributed by atoms with Gasteiger partial charge in [-0.2, -0.15) is 0 Å². The second-order valence-electron chi connectivity index (χ2n) is 6.51. The Kier molecular flexibility index (Phi) is 4.93. The van der Waals surface area contributed by atoms with Crippen molar-refractivity contribution in [1.82, 2.24) is 10.2 Å². The Bertz CT molecular complexity index is 859. The average molecular weight is 354 g/mol. The van der Waals surface area contributed by atoms with Crippen molar-refractivity contribution in [3.8, 4) is 0 Å². The van der Waals surface area contributed by atoms with Gasteiger partial charge in [0.2, 0.25) is 0 Å². The van der Waals surface area contributed by atoms with Crippen LogP contribution >= 0.6 is 0 Å². The highest BCUT2D eigenvalue weighted by Gasteiger charge is 2.49. The zero-order chi connectivity index (χ0) is 18.7. The van der Waals surface area contributed by atoms with Crippen LogP contribution in [0.3, 0.4) is 0 Å². The Morgan fingerprint density at radius 1 is 1.15 bits per heavy atom. The van der Waals surface area contributed by atoms with Crippen LogP contribution in [0.4, 0.5) is 4.79 Å². The van der Waals surface area contributed by atoms with Gasteiger partial charge in [0.15, 0.2) is 0 Å². The van der Waals surface area contributed by atoms with E-state index in [9.17, 15) is 14.4 Å². The second-order valence-corrected chi connectivity index (χ2v) is 6.51. The lowest BCUT2D eigenvalue weighted by Crippen LogP contribution is -2.41. The normalized spacial score (nSPS) is 19.7. The van der Waals surface area contributed by atoms with Crippen LogP contribution in [-0.2, 0) is 19.9 Å². The Balaban J connectivity index is 1.84. The quantitative estimate of drug-likeness (QED) is 0.639. The van der Waals surface area contributed by atoms with Crippen LogP contribution in [0.5, 0.6) is 0 Å². The molecule has 26 heavy (non-hydrogen) atoms. The maximum atomic E-state index is 13.0. The fraction of sp³-hybridized carbons (Fsp3) is 0.350. The first-order valence-electron chi connectivity index (χ1n) is 8.75. The molecule has 3 rings (SSSR count). The number of esters is 1. The van der Waals surface area contributed by atoms with Gasteiger partial charge in [0.05, 0.1) is 13.0 Å². The van der Waals surface area contributed by atoms with E-state index < -0.39 is 17.5 Å². The molecule has 136 valence electrons. The van der Waals surface area contributed by atoms with Crippen LogP contribution in [0.2, 0.25) is 0 Å². The topological polar surface area (TPSA) is 75.7 Å². The molecule has 0 saturated carbocycles. The molecule has 0 bridgehead atoms. The summed E-state index contributed by atoms with van der Waals surface area (Å²) in [6.45, 7) is 3.95.